The van der Waals surface area contributed by atoms with Crippen molar-refractivity contribution in [2.45, 2.75) is 44.2 Å². The summed E-state index contributed by atoms with van der Waals surface area (Å²) in [5.74, 6) is 0.614. The lowest BCUT2D eigenvalue weighted by atomic mass is 9.77. The summed E-state index contributed by atoms with van der Waals surface area (Å²) in [6, 6.07) is 12.8. The zero-order chi connectivity index (χ0) is 18.4. The van der Waals surface area contributed by atoms with Crippen molar-refractivity contribution in [1.82, 2.24) is 15.5 Å². The third-order valence-corrected chi connectivity index (χ3v) is 7.04. The summed E-state index contributed by atoms with van der Waals surface area (Å²) in [5.41, 5.74) is 4.12. The van der Waals surface area contributed by atoms with Crippen LogP contribution in [0.2, 0.25) is 0 Å². The van der Waals surface area contributed by atoms with Crippen LogP contribution in [-0.2, 0) is 0 Å². The molecule has 3 aromatic rings. The number of amides is 1. The standard InChI is InChI=1S/C21H22N4OS/c1-13-16(12-22-25-13)18-11-17-19(27-18)20(26)24-21(23-17)9-7-15(8-10-21)14-5-3-2-4-6-14/h2-6,11-12,15,23H,7-10H2,1H3,(H,22,25)(H,24,26). The predicted molar refractivity (Wildman–Crippen MR) is 108 cm³/mol. The van der Waals surface area contributed by atoms with E-state index in [2.05, 4.69) is 57.2 Å². The summed E-state index contributed by atoms with van der Waals surface area (Å²) in [6.45, 7) is 2.00. The fourth-order valence-corrected chi connectivity index (χ4v) is 5.44. The molecule has 0 unspecified atom stereocenters. The lowest BCUT2D eigenvalue weighted by Gasteiger charge is -2.44. The Morgan fingerprint density at radius 2 is 1.93 bits per heavy atom. The molecule has 0 radical (unpaired) electrons. The molecule has 1 aliphatic heterocycles. The monoisotopic (exact) mass is 378 g/mol. The van der Waals surface area contributed by atoms with Gasteiger partial charge in [-0.25, -0.2) is 0 Å². The molecule has 0 bridgehead atoms. The van der Waals surface area contributed by atoms with E-state index in [1.165, 1.54) is 16.9 Å². The van der Waals surface area contributed by atoms with Crippen LogP contribution in [0.1, 0.15) is 52.5 Å². The maximum atomic E-state index is 12.8. The van der Waals surface area contributed by atoms with Crippen molar-refractivity contribution in [3.05, 3.63) is 58.7 Å². The average Bonchev–Trinajstić information content (AvgIpc) is 3.29. The minimum atomic E-state index is -0.320. The van der Waals surface area contributed by atoms with E-state index in [0.717, 1.165) is 52.4 Å². The first-order valence-electron chi connectivity index (χ1n) is 9.43. The first-order valence-corrected chi connectivity index (χ1v) is 10.2. The topological polar surface area (TPSA) is 69.8 Å². The molecule has 0 saturated heterocycles. The molecule has 3 N–H and O–H groups in total. The number of benzene rings is 1. The maximum Gasteiger partial charge on any atom is 0.265 e. The van der Waals surface area contributed by atoms with Gasteiger partial charge in [0.1, 0.15) is 10.5 Å². The summed E-state index contributed by atoms with van der Waals surface area (Å²) < 4.78 is 0. The number of aryl methyl sites for hydroxylation is 1. The number of hydrogen-bond donors (Lipinski definition) is 3. The van der Waals surface area contributed by atoms with Gasteiger partial charge in [0.15, 0.2) is 0 Å². The molecule has 5 nitrogen and oxygen atoms in total. The Kier molecular flexibility index (Phi) is 3.82. The van der Waals surface area contributed by atoms with E-state index >= 15 is 0 Å². The molecule has 1 spiro atoms. The Morgan fingerprint density at radius 1 is 1.15 bits per heavy atom. The van der Waals surface area contributed by atoms with Crippen LogP contribution in [0.4, 0.5) is 5.69 Å². The number of anilines is 1. The highest BCUT2D eigenvalue weighted by Crippen LogP contribution is 2.44. The highest BCUT2D eigenvalue weighted by molar-refractivity contribution is 7.18. The molecule has 2 aromatic heterocycles. The Hall–Kier alpha value is -2.60. The van der Waals surface area contributed by atoms with Crippen LogP contribution in [0, 0.1) is 6.92 Å². The molecular formula is C21H22N4OS. The third kappa shape index (κ3) is 2.84. The molecule has 1 fully saturated rings. The van der Waals surface area contributed by atoms with Crippen LogP contribution in [-0.4, -0.2) is 21.8 Å². The number of aromatic nitrogens is 2. The average molecular weight is 379 g/mol. The van der Waals surface area contributed by atoms with Crippen molar-refractivity contribution in [2.75, 3.05) is 5.32 Å². The van der Waals surface area contributed by atoms with Gasteiger partial charge in [0, 0.05) is 16.1 Å². The zero-order valence-electron chi connectivity index (χ0n) is 15.2. The number of H-pyrrole nitrogens is 1. The zero-order valence-corrected chi connectivity index (χ0v) is 16.0. The van der Waals surface area contributed by atoms with Crippen molar-refractivity contribution in [3.8, 4) is 10.4 Å². The molecule has 1 aliphatic carbocycles. The number of rotatable bonds is 2. The number of nitrogens with zero attached hydrogens (tertiary/aromatic N) is 1. The van der Waals surface area contributed by atoms with Gasteiger partial charge in [-0.05, 0) is 50.2 Å². The quantitative estimate of drug-likeness (QED) is 0.608. The van der Waals surface area contributed by atoms with Crippen LogP contribution >= 0.6 is 11.3 Å². The molecule has 138 valence electrons. The van der Waals surface area contributed by atoms with Gasteiger partial charge in [0.05, 0.1) is 11.9 Å². The van der Waals surface area contributed by atoms with Gasteiger partial charge in [-0.15, -0.1) is 11.3 Å². The predicted octanol–water partition coefficient (Wildman–Crippen LogP) is 4.66. The summed E-state index contributed by atoms with van der Waals surface area (Å²) in [7, 11) is 0. The maximum absolute atomic E-state index is 12.8. The fraction of sp³-hybridized carbons (Fsp3) is 0.333. The van der Waals surface area contributed by atoms with E-state index in [1.807, 2.05) is 13.1 Å². The van der Waals surface area contributed by atoms with Crippen LogP contribution < -0.4 is 10.6 Å². The van der Waals surface area contributed by atoms with Crippen molar-refractivity contribution in [3.63, 3.8) is 0 Å². The Bertz CT molecular complexity index is 983. The number of hydrogen-bond acceptors (Lipinski definition) is 4. The SMILES string of the molecule is Cc1[nH]ncc1-c1cc2c(s1)C(=O)NC1(CCC(c3ccccc3)CC1)N2. The van der Waals surface area contributed by atoms with Gasteiger partial charge in [-0.2, -0.15) is 5.10 Å². The number of fused-ring (bicyclic) bond motifs is 1. The van der Waals surface area contributed by atoms with Crippen LogP contribution in [0.15, 0.2) is 42.6 Å². The fourth-order valence-electron chi connectivity index (χ4n) is 4.37. The molecule has 0 atom stereocenters. The van der Waals surface area contributed by atoms with Crippen molar-refractivity contribution >= 4 is 22.9 Å². The van der Waals surface area contributed by atoms with Gasteiger partial charge in [-0.1, -0.05) is 30.3 Å². The van der Waals surface area contributed by atoms with E-state index in [0.29, 0.717) is 5.92 Å². The molecule has 1 saturated carbocycles. The molecule has 6 heteroatoms. The molecule has 5 rings (SSSR count). The first-order chi connectivity index (χ1) is 13.1. The van der Waals surface area contributed by atoms with Crippen molar-refractivity contribution in [2.24, 2.45) is 0 Å². The van der Waals surface area contributed by atoms with Gasteiger partial charge in [0.25, 0.3) is 5.91 Å². The van der Waals surface area contributed by atoms with E-state index < -0.39 is 0 Å². The van der Waals surface area contributed by atoms with Crippen LogP contribution in [0.5, 0.6) is 0 Å². The minimum Gasteiger partial charge on any atom is -0.361 e. The Morgan fingerprint density at radius 3 is 2.63 bits per heavy atom. The normalized spacial score (nSPS) is 24.3. The second-order valence-corrected chi connectivity index (χ2v) is 8.66. The molecule has 27 heavy (non-hydrogen) atoms. The van der Waals surface area contributed by atoms with E-state index in [-0.39, 0.29) is 11.6 Å². The van der Waals surface area contributed by atoms with Crippen molar-refractivity contribution in [1.29, 1.82) is 0 Å². The second-order valence-electron chi connectivity index (χ2n) is 7.61. The highest BCUT2D eigenvalue weighted by Gasteiger charge is 2.41. The summed E-state index contributed by atoms with van der Waals surface area (Å²) >= 11 is 1.53. The minimum absolute atomic E-state index is 0.0410. The largest absolute Gasteiger partial charge is 0.361 e. The second kappa shape index (κ2) is 6.23. The van der Waals surface area contributed by atoms with Gasteiger partial charge >= 0.3 is 0 Å². The Balaban J connectivity index is 1.38. The first kappa shape index (κ1) is 16.6. The smallest absolute Gasteiger partial charge is 0.265 e. The van der Waals surface area contributed by atoms with E-state index in [9.17, 15) is 4.79 Å². The third-order valence-electron chi connectivity index (χ3n) is 5.87. The lowest BCUT2D eigenvalue weighted by molar-refractivity contribution is 0.0876. The highest BCUT2D eigenvalue weighted by atomic mass is 32.1. The molecule has 2 aliphatic rings. The van der Waals surface area contributed by atoms with Crippen LogP contribution in [0.25, 0.3) is 10.4 Å². The van der Waals surface area contributed by atoms with Gasteiger partial charge in [0.2, 0.25) is 0 Å². The summed E-state index contributed by atoms with van der Waals surface area (Å²) in [5, 5.41) is 14.0. The lowest BCUT2D eigenvalue weighted by Crippen LogP contribution is -2.58. The molecule has 1 amide bonds. The van der Waals surface area contributed by atoms with Gasteiger partial charge in [-0.3, -0.25) is 9.89 Å². The number of aromatic amines is 1. The number of carbonyl (C=O) groups excluding carboxylic acids is 1. The number of nitrogens with one attached hydrogen (secondary N) is 3. The number of carbonyl (C=O) groups is 1. The van der Waals surface area contributed by atoms with E-state index in [1.54, 1.807) is 0 Å². The summed E-state index contributed by atoms with van der Waals surface area (Å²) in [6.07, 6.45) is 5.85. The van der Waals surface area contributed by atoms with Gasteiger partial charge < -0.3 is 10.6 Å². The molecular weight excluding hydrogens is 356 g/mol. The number of thiophene rings is 1. The summed E-state index contributed by atoms with van der Waals surface area (Å²) in [4.78, 5) is 14.7. The molecule has 3 heterocycles. The van der Waals surface area contributed by atoms with Crippen molar-refractivity contribution < 1.29 is 4.79 Å². The Labute approximate surface area is 162 Å². The molecule has 1 aromatic carbocycles. The van der Waals surface area contributed by atoms with Crippen LogP contribution in [0.3, 0.4) is 0 Å². The van der Waals surface area contributed by atoms with E-state index in [4.69, 9.17) is 0 Å².